The van der Waals surface area contributed by atoms with Crippen molar-refractivity contribution in [2.75, 3.05) is 0 Å². The van der Waals surface area contributed by atoms with Crippen LogP contribution in [0.15, 0.2) is 36.4 Å². The first kappa shape index (κ1) is 18.8. The maximum absolute atomic E-state index is 13.5. The van der Waals surface area contributed by atoms with Gasteiger partial charge in [-0.2, -0.15) is 5.10 Å². The largest absolute Gasteiger partial charge is 0.299 e. The fourth-order valence-corrected chi connectivity index (χ4v) is 3.14. The van der Waals surface area contributed by atoms with Crippen molar-refractivity contribution in [3.8, 4) is 11.4 Å². The Morgan fingerprint density at radius 1 is 1.08 bits per heavy atom. The second-order valence-corrected chi connectivity index (χ2v) is 7.01. The van der Waals surface area contributed by atoms with Crippen LogP contribution in [0.1, 0.15) is 17.8 Å². The Hall–Kier alpha value is -1.95. The number of aromatic nitrogens is 3. The average molecular weight is 413 g/mol. The quantitative estimate of drug-likeness (QED) is 0.596. The number of ketones is 1. The summed E-state index contributed by atoms with van der Waals surface area (Å²) in [6, 6.07) is 9.50. The van der Waals surface area contributed by atoms with Crippen LogP contribution in [0, 0.1) is 5.82 Å². The maximum Gasteiger partial charge on any atom is 0.181 e. The summed E-state index contributed by atoms with van der Waals surface area (Å²) < 4.78 is 13.5. The van der Waals surface area contributed by atoms with Gasteiger partial charge in [-0.3, -0.25) is 9.89 Å². The first-order valence-corrected chi connectivity index (χ1v) is 8.87. The number of H-pyrrole nitrogens is 1. The molecule has 3 aromatic rings. The van der Waals surface area contributed by atoms with E-state index in [1.165, 1.54) is 12.1 Å². The van der Waals surface area contributed by atoms with Crippen LogP contribution in [0.3, 0.4) is 0 Å². The highest BCUT2D eigenvalue weighted by molar-refractivity contribution is 6.34. The van der Waals surface area contributed by atoms with Crippen LogP contribution in [0.5, 0.6) is 0 Å². The van der Waals surface area contributed by atoms with E-state index in [0.717, 1.165) is 5.56 Å². The molecule has 3 rings (SSSR count). The minimum absolute atomic E-state index is 0.00825. The first-order chi connectivity index (χ1) is 12.4. The Kier molecular flexibility index (Phi) is 5.91. The molecule has 26 heavy (non-hydrogen) atoms. The molecule has 0 fully saturated rings. The molecule has 0 spiro atoms. The van der Waals surface area contributed by atoms with Gasteiger partial charge in [0.15, 0.2) is 5.82 Å². The normalized spacial score (nSPS) is 10.9. The van der Waals surface area contributed by atoms with Gasteiger partial charge in [0.05, 0.1) is 11.4 Å². The second kappa shape index (κ2) is 8.16. The summed E-state index contributed by atoms with van der Waals surface area (Å²) in [6.45, 7) is 0. The number of Topliss-reactive ketones (excluding diaryl/α,β-unsaturated/α-hetero) is 1. The van der Waals surface area contributed by atoms with Crippen molar-refractivity contribution in [2.24, 2.45) is 0 Å². The lowest BCUT2D eigenvalue weighted by Crippen LogP contribution is -2.06. The molecule has 8 heteroatoms. The molecule has 0 aliphatic heterocycles. The van der Waals surface area contributed by atoms with Gasteiger partial charge < -0.3 is 0 Å². The van der Waals surface area contributed by atoms with E-state index in [0.29, 0.717) is 40.1 Å². The second-order valence-electron chi connectivity index (χ2n) is 5.73. The van der Waals surface area contributed by atoms with Crippen LogP contribution in [0.25, 0.3) is 11.4 Å². The van der Waals surface area contributed by atoms with E-state index >= 15 is 0 Å². The molecular formula is C18H13Cl3FN3O. The van der Waals surface area contributed by atoms with Crippen LogP contribution in [0.4, 0.5) is 4.39 Å². The molecule has 1 N–H and O–H groups in total. The summed E-state index contributed by atoms with van der Waals surface area (Å²) in [5.41, 5.74) is 1.38. The topological polar surface area (TPSA) is 58.6 Å². The van der Waals surface area contributed by atoms with Gasteiger partial charge >= 0.3 is 0 Å². The van der Waals surface area contributed by atoms with Crippen molar-refractivity contribution in [1.82, 2.24) is 15.2 Å². The van der Waals surface area contributed by atoms with Gasteiger partial charge in [0.2, 0.25) is 0 Å². The highest BCUT2D eigenvalue weighted by atomic mass is 35.5. The summed E-state index contributed by atoms with van der Waals surface area (Å²) in [5.74, 6) is 0.173. The number of aromatic amines is 1. The number of aryl methyl sites for hydroxylation is 1. The minimum Gasteiger partial charge on any atom is -0.299 e. The number of hydrogen-bond donors (Lipinski definition) is 1. The number of halogens is 4. The molecule has 0 aliphatic rings. The Balaban J connectivity index is 1.61. The van der Waals surface area contributed by atoms with E-state index < -0.39 is 5.82 Å². The molecule has 0 radical (unpaired) electrons. The molecule has 0 aliphatic carbocycles. The molecule has 2 aromatic carbocycles. The van der Waals surface area contributed by atoms with E-state index in [1.807, 2.05) is 0 Å². The monoisotopic (exact) mass is 411 g/mol. The van der Waals surface area contributed by atoms with Crippen molar-refractivity contribution < 1.29 is 9.18 Å². The van der Waals surface area contributed by atoms with Crippen LogP contribution < -0.4 is 0 Å². The molecule has 0 bridgehead atoms. The fraction of sp³-hybridized carbons (Fsp3) is 0.167. The van der Waals surface area contributed by atoms with E-state index in [-0.39, 0.29) is 17.2 Å². The van der Waals surface area contributed by atoms with E-state index in [2.05, 4.69) is 15.2 Å². The van der Waals surface area contributed by atoms with Gasteiger partial charge in [-0.05, 0) is 48.4 Å². The predicted octanol–water partition coefficient (Wildman–Crippen LogP) is 5.32. The molecule has 1 aromatic heterocycles. The van der Waals surface area contributed by atoms with Gasteiger partial charge in [-0.15, -0.1) is 0 Å². The molecule has 4 nitrogen and oxygen atoms in total. The number of carbonyl (C=O) groups is 1. The third-order valence-corrected chi connectivity index (χ3v) is 4.43. The first-order valence-electron chi connectivity index (χ1n) is 7.74. The van der Waals surface area contributed by atoms with Crippen LogP contribution in [-0.4, -0.2) is 21.0 Å². The van der Waals surface area contributed by atoms with Crippen molar-refractivity contribution in [3.63, 3.8) is 0 Å². The summed E-state index contributed by atoms with van der Waals surface area (Å²) in [6.07, 6.45) is 0.960. The van der Waals surface area contributed by atoms with Crippen LogP contribution in [0.2, 0.25) is 15.1 Å². The standard InChI is InChI=1S/C18H13Cl3FN3O/c19-12-5-10(6-13(20)8-12)1-3-14(26)9-17-23-18(25-24-17)11-2-4-15(21)16(22)7-11/h2,4-8H,1,3,9H2,(H,23,24,25). The van der Waals surface area contributed by atoms with Gasteiger partial charge in [-0.1, -0.05) is 34.8 Å². The maximum atomic E-state index is 13.5. The lowest BCUT2D eigenvalue weighted by molar-refractivity contribution is -0.118. The average Bonchev–Trinajstić information content (AvgIpc) is 3.03. The zero-order valence-corrected chi connectivity index (χ0v) is 15.7. The zero-order chi connectivity index (χ0) is 18.7. The third kappa shape index (κ3) is 4.81. The minimum atomic E-state index is -0.549. The van der Waals surface area contributed by atoms with E-state index in [4.69, 9.17) is 34.8 Å². The number of nitrogens with one attached hydrogen (secondary N) is 1. The number of rotatable bonds is 6. The van der Waals surface area contributed by atoms with Gasteiger partial charge in [0.1, 0.15) is 17.4 Å². The third-order valence-electron chi connectivity index (χ3n) is 3.69. The molecule has 134 valence electrons. The van der Waals surface area contributed by atoms with Crippen LogP contribution >= 0.6 is 34.8 Å². The summed E-state index contributed by atoms with van der Waals surface area (Å²) in [5, 5.41) is 7.83. The smallest absolute Gasteiger partial charge is 0.181 e. The van der Waals surface area contributed by atoms with Crippen molar-refractivity contribution in [3.05, 3.63) is 68.7 Å². The number of benzene rings is 2. The summed E-state index contributed by atoms with van der Waals surface area (Å²) in [4.78, 5) is 16.4. The Labute approximate surface area is 164 Å². The lowest BCUT2D eigenvalue weighted by atomic mass is 10.1. The van der Waals surface area contributed by atoms with E-state index in [1.54, 1.807) is 24.3 Å². The Bertz CT molecular complexity index is 938. The molecule has 1 heterocycles. The van der Waals surface area contributed by atoms with Crippen LogP contribution in [-0.2, 0) is 17.6 Å². The SMILES string of the molecule is O=C(CCc1cc(Cl)cc(Cl)c1)Cc1nc(-c2ccc(Cl)c(F)c2)n[nH]1. The molecule has 0 saturated heterocycles. The highest BCUT2D eigenvalue weighted by Crippen LogP contribution is 2.22. The summed E-state index contributed by atoms with van der Waals surface area (Å²) in [7, 11) is 0. The lowest BCUT2D eigenvalue weighted by Gasteiger charge is -2.02. The molecule has 0 saturated carbocycles. The van der Waals surface area contributed by atoms with Crippen molar-refractivity contribution in [1.29, 1.82) is 0 Å². The summed E-state index contributed by atoms with van der Waals surface area (Å²) >= 11 is 17.6. The molecule has 0 amide bonds. The van der Waals surface area contributed by atoms with Crippen molar-refractivity contribution >= 4 is 40.6 Å². The number of nitrogens with zero attached hydrogens (tertiary/aromatic N) is 2. The number of carbonyl (C=O) groups excluding carboxylic acids is 1. The Morgan fingerprint density at radius 3 is 2.50 bits per heavy atom. The van der Waals surface area contributed by atoms with Gasteiger partial charge in [0, 0.05) is 22.0 Å². The van der Waals surface area contributed by atoms with E-state index in [9.17, 15) is 9.18 Å². The predicted molar refractivity (Wildman–Crippen MR) is 100 cm³/mol. The molecule has 0 unspecified atom stereocenters. The molecular weight excluding hydrogens is 400 g/mol. The zero-order valence-electron chi connectivity index (χ0n) is 13.4. The van der Waals surface area contributed by atoms with Crippen molar-refractivity contribution in [2.45, 2.75) is 19.3 Å². The molecule has 0 atom stereocenters. The number of hydrogen-bond acceptors (Lipinski definition) is 3. The van der Waals surface area contributed by atoms with Gasteiger partial charge in [-0.25, -0.2) is 9.37 Å². The highest BCUT2D eigenvalue weighted by Gasteiger charge is 2.12. The Morgan fingerprint density at radius 2 is 1.81 bits per heavy atom. The fourth-order valence-electron chi connectivity index (χ4n) is 2.45. The van der Waals surface area contributed by atoms with Gasteiger partial charge in [0.25, 0.3) is 0 Å².